The van der Waals surface area contributed by atoms with E-state index in [1.54, 1.807) is 17.0 Å². The zero-order valence-electron chi connectivity index (χ0n) is 38.6. The Labute approximate surface area is 400 Å². The molecule has 2 N–H and O–H groups in total. The molecular formula is C54H57N3O12. The van der Waals surface area contributed by atoms with Gasteiger partial charge in [-0.2, -0.15) is 0 Å². The average molecular weight is 940 g/mol. The predicted octanol–water partition coefficient (Wildman–Crippen LogP) is 10.6. The fourth-order valence-electron chi connectivity index (χ4n) is 10.6. The summed E-state index contributed by atoms with van der Waals surface area (Å²) in [6, 6.07) is 29.8. The molecule has 15 nitrogen and oxygen atoms in total. The smallest absolute Gasteiger partial charge is 0.416 e. The predicted molar refractivity (Wildman–Crippen MR) is 258 cm³/mol. The number of ether oxygens (including phenoxy) is 6. The van der Waals surface area contributed by atoms with Crippen LogP contribution in [-0.4, -0.2) is 76.9 Å². The Morgan fingerprint density at radius 1 is 0.884 bits per heavy atom. The van der Waals surface area contributed by atoms with E-state index in [4.69, 9.17) is 38.4 Å². The maximum absolute atomic E-state index is 15.1. The molecule has 2 heterocycles. The molecule has 1 saturated carbocycles. The molecule has 69 heavy (non-hydrogen) atoms. The van der Waals surface area contributed by atoms with Gasteiger partial charge in [-0.25, -0.2) is 4.79 Å². The van der Waals surface area contributed by atoms with Crippen LogP contribution < -0.4 is 23.7 Å². The van der Waals surface area contributed by atoms with Crippen molar-refractivity contribution in [1.82, 2.24) is 4.90 Å². The molecule has 1 fully saturated rings. The van der Waals surface area contributed by atoms with Crippen molar-refractivity contribution >= 4 is 28.3 Å². The first-order chi connectivity index (χ1) is 33.7. The number of non-ortho nitro benzene ring substituents is 1. The van der Waals surface area contributed by atoms with E-state index in [0.29, 0.717) is 52.9 Å². The number of aliphatic hydroxyl groups is 2. The summed E-state index contributed by atoms with van der Waals surface area (Å²) in [6.07, 6.45) is 7.59. The average Bonchev–Trinajstić information content (AvgIpc) is 3.84. The van der Waals surface area contributed by atoms with Crippen LogP contribution in [0.15, 0.2) is 133 Å². The zero-order valence-corrected chi connectivity index (χ0v) is 38.6. The van der Waals surface area contributed by atoms with E-state index >= 15 is 4.79 Å². The van der Waals surface area contributed by atoms with Crippen LogP contribution in [0.2, 0.25) is 0 Å². The van der Waals surface area contributed by atoms with Crippen LogP contribution >= 0.6 is 0 Å². The van der Waals surface area contributed by atoms with Crippen molar-refractivity contribution in [3.63, 3.8) is 0 Å². The molecule has 1 amide bonds. The monoisotopic (exact) mass is 939 g/mol. The normalized spacial score (nSPS) is 22.4. The van der Waals surface area contributed by atoms with Crippen LogP contribution in [0.5, 0.6) is 34.5 Å². The van der Waals surface area contributed by atoms with Crippen molar-refractivity contribution in [2.24, 2.45) is 22.9 Å². The van der Waals surface area contributed by atoms with E-state index in [-0.39, 0.29) is 75.4 Å². The molecule has 2 aliphatic heterocycles. The van der Waals surface area contributed by atoms with Gasteiger partial charge >= 0.3 is 6.09 Å². The number of hydrogen-bond acceptors (Lipinski definition) is 13. The Balaban J connectivity index is 1.23. The summed E-state index contributed by atoms with van der Waals surface area (Å²) in [5, 5.41) is 38.6. The maximum Gasteiger partial charge on any atom is 0.416 e. The number of hydrogen-bond donors (Lipinski definition) is 2. The molecule has 0 aromatic heterocycles. The minimum atomic E-state index is -1.60. The third kappa shape index (κ3) is 9.85. The molecule has 9 rings (SSSR count). The number of carbonyl (C=O) groups is 1. The summed E-state index contributed by atoms with van der Waals surface area (Å²) in [5.41, 5.74) is 2.93. The minimum Gasteiger partial charge on any atom is -0.459 e. The Morgan fingerprint density at radius 2 is 1.61 bits per heavy atom. The van der Waals surface area contributed by atoms with Gasteiger partial charge in [0.2, 0.25) is 12.6 Å². The van der Waals surface area contributed by atoms with Crippen LogP contribution in [-0.2, 0) is 16.1 Å². The second-order valence-electron chi connectivity index (χ2n) is 17.7. The largest absolute Gasteiger partial charge is 0.459 e. The van der Waals surface area contributed by atoms with Crippen LogP contribution in [0, 0.1) is 27.9 Å². The Kier molecular flexibility index (Phi) is 14.4. The number of allylic oxidation sites excluding steroid dienone is 1. The van der Waals surface area contributed by atoms with Gasteiger partial charge in [0.1, 0.15) is 35.6 Å². The number of nitro groups is 1. The van der Waals surface area contributed by atoms with Crippen molar-refractivity contribution in [3.05, 3.63) is 149 Å². The molecular weight excluding hydrogens is 883 g/mol. The molecule has 5 aromatic carbocycles. The van der Waals surface area contributed by atoms with Crippen molar-refractivity contribution in [1.29, 1.82) is 0 Å². The molecule has 15 heteroatoms. The van der Waals surface area contributed by atoms with Gasteiger partial charge in [-0.3, -0.25) is 15.0 Å². The third-order valence-corrected chi connectivity index (χ3v) is 13.6. The Hall–Kier alpha value is -6.94. The van der Waals surface area contributed by atoms with E-state index in [1.807, 2.05) is 67.6 Å². The topological polar surface area (TPSA) is 181 Å². The lowest BCUT2D eigenvalue weighted by Crippen LogP contribution is -2.70. The summed E-state index contributed by atoms with van der Waals surface area (Å²) < 4.78 is 38.8. The molecule has 0 radical (unpaired) electrons. The van der Waals surface area contributed by atoms with Crippen molar-refractivity contribution in [2.75, 3.05) is 33.2 Å². The number of rotatable bonds is 20. The molecule has 360 valence electrons. The van der Waals surface area contributed by atoms with E-state index in [2.05, 4.69) is 24.8 Å². The lowest BCUT2D eigenvalue weighted by atomic mass is 9.55. The van der Waals surface area contributed by atoms with Crippen molar-refractivity contribution in [3.8, 4) is 34.5 Å². The number of oxime groups is 1. The SMILES string of the molecule is C=CCOC12Oc3ccc(Oc4ccc5ccccc5c4)cc3C3C(CCCCO)C(CCCCO)C=C(C(=NOCC)CC1N(Cc1ccc4c(c1)OCO4)C(=O)Oc1ccc([N+](=O)[O-])cc1)C32. The van der Waals surface area contributed by atoms with E-state index in [1.165, 1.54) is 24.3 Å². The summed E-state index contributed by atoms with van der Waals surface area (Å²) in [5.74, 6) is 0.506. The minimum absolute atomic E-state index is 0.0108. The summed E-state index contributed by atoms with van der Waals surface area (Å²) in [4.78, 5) is 33.7. The zero-order chi connectivity index (χ0) is 47.9. The number of carbonyl (C=O) groups excluding carboxylic acids is 1. The van der Waals surface area contributed by atoms with E-state index in [9.17, 15) is 20.3 Å². The first-order valence-electron chi connectivity index (χ1n) is 23.7. The molecule has 4 aliphatic rings. The highest BCUT2D eigenvalue weighted by atomic mass is 16.7. The fourth-order valence-corrected chi connectivity index (χ4v) is 10.6. The Morgan fingerprint density at radius 3 is 2.38 bits per heavy atom. The standard InChI is InChI=1S/C54H57N3O12/c1-3-27-65-54-50(56(33-35-15-23-48-49(28-35)64-34-63-48)53(60)68-40-20-17-39(18-21-40)57(61)62)32-46(55-66-4-2)44-30-38(13-7-9-25-58)43(14-8-10-26-59)51(52(44)54)45-31-42(22-24-47(45)69-54)67-41-19-16-36-11-5-6-12-37(36)29-41/h3,5-6,11-12,15-24,28-31,38,43,50-52,58-59H,1,4,7-10,13-14,25-27,32-34H2,2H3. The molecule has 6 atom stereocenters. The van der Waals surface area contributed by atoms with Crippen LogP contribution in [0.1, 0.15) is 68.9 Å². The lowest BCUT2D eigenvalue weighted by Gasteiger charge is -2.59. The quantitative estimate of drug-likeness (QED) is 0.0327. The molecule has 0 spiro atoms. The third-order valence-electron chi connectivity index (χ3n) is 13.6. The van der Waals surface area contributed by atoms with Crippen LogP contribution in [0.25, 0.3) is 10.8 Å². The fraction of sp³-hybridized carbons (Fsp3) is 0.370. The second-order valence-corrected chi connectivity index (χ2v) is 17.7. The first-order valence-corrected chi connectivity index (χ1v) is 23.7. The van der Waals surface area contributed by atoms with Crippen LogP contribution in [0.3, 0.4) is 0 Å². The first kappa shape index (κ1) is 47.1. The van der Waals surface area contributed by atoms with E-state index < -0.39 is 28.8 Å². The van der Waals surface area contributed by atoms with Crippen LogP contribution in [0.4, 0.5) is 10.5 Å². The van der Waals surface area contributed by atoms with Gasteiger partial charge in [0.25, 0.3) is 5.69 Å². The van der Waals surface area contributed by atoms with Gasteiger partial charge in [-0.15, -0.1) is 6.58 Å². The number of aliphatic hydroxyl groups excluding tert-OH is 2. The summed E-state index contributed by atoms with van der Waals surface area (Å²) >= 11 is 0. The number of benzene rings is 5. The number of fused-ring (bicyclic) bond motifs is 4. The van der Waals surface area contributed by atoms with Gasteiger partial charge < -0.3 is 43.5 Å². The van der Waals surface area contributed by atoms with Crippen molar-refractivity contribution < 1.29 is 53.2 Å². The summed E-state index contributed by atoms with van der Waals surface area (Å²) in [6.45, 7) is 6.41. The van der Waals surface area contributed by atoms with Gasteiger partial charge in [0.15, 0.2) is 11.5 Å². The van der Waals surface area contributed by atoms with Gasteiger partial charge in [-0.1, -0.05) is 66.5 Å². The highest BCUT2D eigenvalue weighted by Gasteiger charge is 2.66. The van der Waals surface area contributed by atoms with Gasteiger partial charge in [0, 0.05) is 49.8 Å². The lowest BCUT2D eigenvalue weighted by molar-refractivity contribution is -0.384. The second kappa shape index (κ2) is 21.1. The van der Waals surface area contributed by atoms with E-state index in [0.717, 1.165) is 47.6 Å². The van der Waals surface area contributed by atoms with Gasteiger partial charge in [-0.05, 0) is 121 Å². The molecule has 0 saturated heterocycles. The Bertz CT molecular complexity index is 2720. The molecule has 6 unspecified atom stereocenters. The van der Waals surface area contributed by atoms with Gasteiger partial charge in [0.05, 0.1) is 23.2 Å². The number of nitro benzene ring substituents is 1. The highest BCUT2D eigenvalue weighted by molar-refractivity contribution is 6.03. The molecule has 2 aliphatic carbocycles. The number of unbranched alkanes of at least 4 members (excludes halogenated alkanes) is 2. The number of amides is 1. The maximum atomic E-state index is 15.1. The summed E-state index contributed by atoms with van der Waals surface area (Å²) in [7, 11) is 0. The molecule has 5 aromatic rings. The molecule has 0 bridgehead atoms. The highest BCUT2D eigenvalue weighted by Crippen LogP contribution is 2.62. The van der Waals surface area contributed by atoms with Crippen molar-refractivity contribution in [2.45, 2.75) is 76.2 Å². The number of nitrogens with zero attached hydrogens (tertiary/aromatic N) is 3.